The molecule has 2 rings (SSSR count). The quantitative estimate of drug-likeness (QED) is 0.828. The fourth-order valence-corrected chi connectivity index (χ4v) is 2.42. The van der Waals surface area contributed by atoms with Crippen LogP contribution in [0.4, 0.5) is 11.4 Å². The van der Waals surface area contributed by atoms with Gasteiger partial charge in [0.15, 0.2) is 7.11 Å². The number of hydrogen-bond acceptors (Lipinski definition) is 4. The summed E-state index contributed by atoms with van der Waals surface area (Å²) in [6.07, 6.45) is 0. The molecule has 6 nitrogen and oxygen atoms in total. The molecule has 6 heteroatoms. The van der Waals surface area contributed by atoms with Crippen LogP contribution in [0.2, 0.25) is 0 Å². The zero-order chi connectivity index (χ0) is 17.0. The number of carboxylic acids is 1. The van der Waals surface area contributed by atoms with E-state index in [1.54, 1.807) is 6.07 Å². The van der Waals surface area contributed by atoms with E-state index in [-0.39, 0.29) is 16.2 Å². The number of carboxylic acid groups (broad SMARTS) is 1. The molecule has 0 heterocycles. The first kappa shape index (κ1) is 16.5. The zero-order valence-corrected chi connectivity index (χ0v) is 13.3. The van der Waals surface area contributed by atoms with Gasteiger partial charge < -0.3 is 10.0 Å². The summed E-state index contributed by atoms with van der Waals surface area (Å²) >= 11 is 0. The maximum atomic E-state index is 11.5. The van der Waals surface area contributed by atoms with Crippen LogP contribution in [-0.4, -0.2) is 30.2 Å². The normalized spacial score (nSPS) is 10.2. The molecule has 1 N–H and O–H groups in total. The maximum absolute atomic E-state index is 11.5. The topological polar surface area (TPSA) is 69.9 Å². The highest BCUT2D eigenvalue weighted by molar-refractivity contribution is 5.95. The Bertz CT molecular complexity index is 743. The lowest BCUT2D eigenvalue weighted by Crippen LogP contribution is -2.19. The van der Waals surface area contributed by atoms with Crippen molar-refractivity contribution in [1.82, 2.24) is 0 Å². The van der Waals surface area contributed by atoms with E-state index in [0.717, 1.165) is 11.1 Å². The minimum Gasteiger partial charge on any atom is -0.478 e. The molecule has 2 aromatic carbocycles. The predicted molar refractivity (Wildman–Crippen MR) is 87.0 cm³/mol. The molecule has 0 spiro atoms. The van der Waals surface area contributed by atoms with Gasteiger partial charge in [0.25, 0.3) is 4.92 Å². The van der Waals surface area contributed by atoms with Gasteiger partial charge in [-0.1, -0.05) is 29.8 Å². The average Bonchev–Trinajstić information content (AvgIpc) is 2.53. The number of aryl methyl sites for hydroxylation is 1. The van der Waals surface area contributed by atoms with Crippen molar-refractivity contribution >= 4 is 17.3 Å². The lowest BCUT2D eigenvalue weighted by Gasteiger charge is -2.21. The molecule has 23 heavy (non-hydrogen) atoms. The molecule has 0 bridgehead atoms. The smallest absolute Gasteiger partial charge is 0.338 e. The van der Waals surface area contributed by atoms with Crippen molar-refractivity contribution in [3.8, 4) is 0 Å². The standard InChI is InChI=1S/C17H18N2O4/c1-12-5-4-6-13(9-12)11-18(2)16-8-7-14(19(22)23-3)10-15(16)17(20)21/h4-10H,11H2,1-3H3/p+1. The predicted octanol–water partition coefficient (Wildman–Crippen LogP) is 3.30. The van der Waals surface area contributed by atoms with Crippen LogP contribution in [0, 0.1) is 11.8 Å². The molecule has 0 unspecified atom stereocenters. The van der Waals surface area contributed by atoms with E-state index < -0.39 is 5.97 Å². The van der Waals surface area contributed by atoms with Crippen LogP contribution in [0.15, 0.2) is 42.5 Å². The number of benzene rings is 2. The van der Waals surface area contributed by atoms with E-state index in [1.165, 1.54) is 19.2 Å². The van der Waals surface area contributed by atoms with Gasteiger partial charge in [-0.15, -0.1) is 0 Å². The van der Waals surface area contributed by atoms with Crippen molar-refractivity contribution < 1.29 is 19.7 Å². The third-order valence-corrected chi connectivity index (χ3v) is 3.50. The minimum atomic E-state index is -1.09. The number of nitrogens with zero attached hydrogens (tertiary/aromatic N) is 2. The van der Waals surface area contributed by atoms with Crippen LogP contribution in [0.5, 0.6) is 0 Å². The van der Waals surface area contributed by atoms with Crippen LogP contribution < -0.4 is 4.90 Å². The zero-order valence-electron chi connectivity index (χ0n) is 13.3. The van der Waals surface area contributed by atoms with Gasteiger partial charge in [0.1, 0.15) is 0 Å². The molecular formula is C17H19N2O4+. The highest BCUT2D eigenvalue weighted by atomic mass is 16.8. The first-order chi connectivity index (χ1) is 10.9. The molecule has 2 aromatic rings. The second-order valence-corrected chi connectivity index (χ2v) is 5.29. The molecule has 0 aliphatic rings. The van der Waals surface area contributed by atoms with Crippen LogP contribution >= 0.6 is 0 Å². The maximum Gasteiger partial charge on any atom is 0.338 e. The van der Waals surface area contributed by atoms with Crippen LogP contribution in [-0.2, 0) is 11.4 Å². The Kier molecular flexibility index (Phi) is 4.95. The molecule has 0 saturated carbocycles. The van der Waals surface area contributed by atoms with E-state index >= 15 is 0 Å². The molecule has 0 radical (unpaired) electrons. The summed E-state index contributed by atoms with van der Waals surface area (Å²) in [7, 11) is 3.04. The summed E-state index contributed by atoms with van der Waals surface area (Å²) in [6.45, 7) is 2.57. The number of anilines is 1. The highest BCUT2D eigenvalue weighted by Crippen LogP contribution is 2.26. The molecule has 0 amide bonds. The SMILES string of the molecule is CO[N+](=O)c1ccc(N(C)Cc2cccc(C)c2)c(C(=O)O)c1. The van der Waals surface area contributed by atoms with Crippen molar-refractivity contribution in [2.24, 2.45) is 0 Å². The van der Waals surface area contributed by atoms with Gasteiger partial charge in [-0.2, -0.15) is 0 Å². The lowest BCUT2D eigenvalue weighted by atomic mass is 10.1. The number of hydrogen-bond donors (Lipinski definition) is 1. The summed E-state index contributed by atoms with van der Waals surface area (Å²) < 4.78 is 0. The molecule has 0 fully saturated rings. The largest absolute Gasteiger partial charge is 0.478 e. The summed E-state index contributed by atoms with van der Waals surface area (Å²) in [4.78, 5) is 29.7. The minimum absolute atomic E-state index is 0.0514. The lowest BCUT2D eigenvalue weighted by molar-refractivity contribution is -0.736. The van der Waals surface area contributed by atoms with Gasteiger partial charge >= 0.3 is 11.7 Å². The van der Waals surface area contributed by atoms with E-state index in [1.807, 2.05) is 37.1 Å². The van der Waals surface area contributed by atoms with Gasteiger partial charge in [-0.3, -0.25) is 0 Å². The third kappa shape index (κ3) is 3.85. The van der Waals surface area contributed by atoms with Crippen molar-refractivity contribution in [2.45, 2.75) is 13.5 Å². The molecule has 0 aliphatic heterocycles. The first-order valence-electron chi connectivity index (χ1n) is 7.07. The summed E-state index contributed by atoms with van der Waals surface area (Å²) in [5.41, 5.74) is 2.95. The Labute approximate surface area is 134 Å². The Balaban J connectivity index is 2.34. The number of aromatic carboxylic acids is 1. The average molecular weight is 315 g/mol. The van der Waals surface area contributed by atoms with Crippen LogP contribution in [0.25, 0.3) is 0 Å². The Morgan fingerprint density at radius 1 is 1.26 bits per heavy atom. The Hall–Kier alpha value is -2.89. The highest BCUT2D eigenvalue weighted by Gasteiger charge is 2.22. The van der Waals surface area contributed by atoms with Gasteiger partial charge in [0, 0.05) is 25.7 Å². The second kappa shape index (κ2) is 6.91. The third-order valence-electron chi connectivity index (χ3n) is 3.50. The van der Waals surface area contributed by atoms with Crippen molar-refractivity contribution in [3.63, 3.8) is 0 Å². The van der Waals surface area contributed by atoms with Crippen molar-refractivity contribution in [1.29, 1.82) is 0 Å². The number of rotatable bonds is 6. The van der Waals surface area contributed by atoms with E-state index in [9.17, 15) is 14.8 Å². The monoisotopic (exact) mass is 315 g/mol. The summed E-state index contributed by atoms with van der Waals surface area (Å²) in [5, 5.41) is 9.42. The molecule has 120 valence electrons. The van der Waals surface area contributed by atoms with Crippen molar-refractivity contribution in [3.05, 3.63) is 64.1 Å². The second-order valence-electron chi connectivity index (χ2n) is 5.29. The summed E-state index contributed by atoms with van der Waals surface area (Å²) in [5.74, 6) is -1.09. The van der Waals surface area contributed by atoms with Crippen LogP contribution in [0.3, 0.4) is 0 Å². The number of carbonyl (C=O) groups is 1. The van der Waals surface area contributed by atoms with Gasteiger partial charge in [0.2, 0.25) is 0 Å². The Morgan fingerprint density at radius 3 is 2.61 bits per heavy atom. The van der Waals surface area contributed by atoms with Gasteiger partial charge in [-0.05, 0) is 18.6 Å². The summed E-state index contributed by atoms with van der Waals surface area (Å²) in [6, 6.07) is 12.5. The van der Waals surface area contributed by atoms with Crippen LogP contribution in [0.1, 0.15) is 21.5 Å². The van der Waals surface area contributed by atoms with E-state index in [0.29, 0.717) is 12.2 Å². The molecule has 0 aliphatic carbocycles. The van der Waals surface area contributed by atoms with Crippen molar-refractivity contribution in [2.75, 3.05) is 19.1 Å². The fraction of sp³-hybridized carbons (Fsp3) is 0.235. The first-order valence-corrected chi connectivity index (χ1v) is 7.07. The van der Waals surface area contributed by atoms with Gasteiger partial charge in [-0.25, -0.2) is 9.63 Å². The molecule has 0 saturated heterocycles. The Morgan fingerprint density at radius 2 is 2.00 bits per heavy atom. The van der Waals surface area contributed by atoms with E-state index in [4.69, 9.17) is 0 Å². The van der Waals surface area contributed by atoms with Gasteiger partial charge in [0.05, 0.1) is 16.2 Å². The molecular weight excluding hydrogens is 296 g/mol. The molecule has 0 atom stereocenters. The fourth-order valence-electron chi connectivity index (χ4n) is 2.42. The molecule has 0 aromatic heterocycles. The van der Waals surface area contributed by atoms with E-state index in [2.05, 4.69) is 10.9 Å².